The van der Waals surface area contributed by atoms with Gasteiger partial charge < -0.3 is 4.74 Å². The molecule has 0 bridgehead atoms. The van der Waals surface area contributed by atoms with Gasteiger partial charge in [-0.15, -0.1) is 11.6 Å². The topological polar surface area (TPSA) is 9.23 Å². The van der Waals surface area contributed by atoms with Crippen LogP contribution in [0.15, 0.2) is 42.5 Å². The van der Waals surface area contributed by atoms with Crippen molar-refractivity contribution < 1.29 is 4.74 Å². The fraction of sp³-hybridized carbons (Fsp3) is 0.294. The second-order valence-electron chi connectivity index (χ2n) is 5.11. The fourth-order valence-corrected chi connectivity index (χ4v) is 2.40. The number of benzene rings is 2. The van der Waals surface area contributed by atoms with E-state index in [1.165, 1.54) is 0 Å². The summed E-state index contributed by atoms with van der Waals surface area (Å²) >= 11 is 12.6. The van der Waals surface area contributed by atoms with E-state index in [4.69, 9.17) is 27.9 Å². The van der Waals surface area contributed by atoms with Crippen LogP contribution < -0.4 is 4.74 Å². The summed E-state index contributed by atoms with van der Waals surface area (Å²) < 4.78 is 5.63. The first-order valence-electron chi connectivity index (χ1n) is 6.64. The second-order valence-corrected chi connectivity index (χ2v) is 5.95. The molecule has 0 saturated carbocycles. The summed E-state index contributed by atoms with van der Waals surface area (Å²) in [4.78, 5) is 0. The van der Waals surface area contributed by atoms with Gasteiger partial charge in [0.05, 0.1) is 11.5 Å². The Morgan fingerprint density at radius 3 is 2.10 bits per heavy atom. The Labute approximate surface area is 130 Å². The van der Waals surface area contributed by atoms with Crippen LogP contribution in [0.5, 0.6) is 5.75 Å². The molecule has 0 N–H and O–H groups in total. The number of rotatable bonds is 4. The number of halogens is 2. The predicted octanol–water partition coefficient (Wildman–Crippen LogP) is 5.76. The summed E-state index contributed by atoms with van der Waals surface area (Å²) in [5.41, 5.74) is 3.13. The van der Waals surface area contributed by atoms with Gasteiger partial charge in [0, 0.05) is 5.02 Å². The van der Waals surface area contributed by atoms with Crippen molar-refractivity contribution in [1.29, 1.82) is 0 Å². The number of hydrogen-bond acceptors (Lipinski definition) is 1. The highest BCUT2D eigenvalue weighted by Gasteiger charge is 2.12. The standard InChI is InChI=1S/C17H18Cl2O/c1-11(2)20-15-7-4-13(5-8-15)17(19)14-6-9-16(18)12(3)10-14/h4-11,17H,1-3H3. The fourth-order valence-electron chi connectivity index (χ4n) is 2.01. The Morgan fingerprint density at radius 1 is 0.950 bits per heavy atom. The van der Waals surface area contributed by atoms with E-state index >= 15 is 0 Å². The van der Waals surface area contributed by atoms with Crippen LogP contribution in [0.1, 0.15) is 35.9 Å². The van der Waals surface area contributed by atoms with Crippen molar-refractivity contribution in [1.82, 2.24) is 0 Å². The Balaban J connectivity index is 2.20. The van der Waals surface area contributed by atoms with Crippen LogP contribution in [-0.2, 0) is 0 Å². The SMILES string of the molecule is Cc1cc(C(Cl)c2ccc(OC(C)C)cc2)ccc1Cl. The van der Waals surface area contributed by atoms with Crippen molar-refractivity contribution in [2.24, 2.45) is 0 Å². The summed E-state index contributed by atoms with van der Waals surface area (Å²) in [5, 5.41) is 0.581. The first-order valence-corrected chi connectivity index (χ1v) is 7.45. The van der Waals surface area contributed by atoms with Crippen LogP contribution in [0.4, 0.5) is 0 Å². The third-order valence-electron chi connectivity index (χ3n) is 3.02. The van der Waals surface area contributed by atoms with Gasteiger partial charge in [-0.1, -0.05) is 35.9 Å². The minimum atomic E-state index is -0.181. The van der Waals surface area contributed by atoms with Gasteiger partial charge in [-0.3, -0.25) is 0 Å². The molecule has 1 nitrogen and oxygen atoms in total. The zero-order chi connectivity index (χ0) is 14.7. The Hall–Kier alpha value is -1.18. The first kappa shape index (κ1) is 15.2. The highest BCUT2D eigenvalue weighted by molar-refractivity contribution is 6.31. The van der Waals surface area contributed by atoms with E-state index in [1.54, 1.807) is 0 Å². The molecule has 3 heteroatoms. The van der Waals surface area contributed by atoms with Crippen molar-refractivity contribution in [3.05, 3.63) is 64.2 Å². The average molecular weight is 309 g/mol. The molecule has 0 aliphatic carbocycles. The highest BCUT2D eigenvalue weighted by Crippen LogP contribution is 2.31. The molecule has 0 aliphatic heterocycles. The van der Waals surface area contributed by atoms with Gasteiger partial charge in [0.25, 0.3) is 0 Å². The van der Waals surface area contributed by atoms with Crippen LogP contribution in [0.25, 0.3) is 0 Å². The van der Waals surface area contributed by atoms with Gasteiger partial charge in [0.15, 0.2) is 0 Å². The third-order valence-corrected chi connectivity index (χ3v) is 3.95. The Morgan fingerprint density at radius 2 is 1.55 bits per heavy atom. The maximum Gasteiger partial charge on any atom is 0.119 e. The molecule has 0 fully saturated rings. The van der Waals surface area contributed by atoms with Crippen molar-refractivity contribution in [2.45, 2.75) is 32.3 Å². The highest BCUT2D eigenvalue weighted by atomic mass is 35.5. The number of hydrogen-bond donors (Lipinski definition) is 0. The van der Waals surface area contributed by atoms with Crippen molar-refractivity contribution in [3.63, 3.8) is 0 Å². The minimum absolute atomic E-state index is 0.173. The molecule has 2 aromatic rings. The van der Waals surface area contributed by atoms with Crippen molar-refractivity contribution in [3.8, 4) is 5.75 Å². The molecule has 0 amide bonds. The van der Waals surface area contributed by atoms with Crippen LogP contribution in [-0.4, -0.2) is 6.10 Å². The summed E-state index contributed by atoms with van der Waals surface area (Å²) in [7, 11) is 0. The van der Waals surface area contributed by atoms with Crippen molar-refractivity contribution >= 4 is 23.2 Å². The summed E-state index contributed by atoms with van der Waals surface area (Å²) in [6.07, 6.45) is 0.173. The summed E-state index contributed by atoms with van der Waals surface area (Å²) in [6, 6.07) is 13.8. The molecule has 0 aliphatic rings. The normalized spacial score (nSPS) is 12.5. The average Bonchev–Trinajstić information content (AvgIpc) is 2.41. The molecule has 0 spiro atoms. The molecule has 0 aromatic heterocycles. The third kappa shape index (κ3) is 3.68. The zero-order valence-corrected chi connectivity index (χ0v) is 13.4. The van der Waals surface area contributed by atoms with Crippen LogP contribution in [0.3, 0.4) is 0 Å². The lowest BCUT2D eigenvalue weighted by Crippen LogP contribution is -2.05. The maximum atomic E-state index is 6.53. The molecule has 1 atom stereocenters. The zero-order valence-electron chi connectivity index (χ0n) is 11.9. The molecule has 2 rings (SSSR count). The van der Waals surface area contributed by atoms with Crippen LogP contribution >= 0.6 is 23.2 Å². The van der Waals surface area contributed by atoms with Crippen LogP contribution in [0, 0.1) is 6.92 Å². The Bertz CT molecular complexity index is 576. The monoisotopic (exact) mass is 308 g/mol. The molecular formula is C17H18Cl2O. The van der Waals surface area contributed by atoms with E-state index in [1.807, 2.05) is 63.2 Å². The summed E-state index contributed by atoms with van der Waals surface area (Å²) in [5.74, 6) is 0.861. The van der Waals surface area contributed by atoms with E-state index < -0.39 is 0 Å². The molecule has 0 radical (unpaired) electrons. The number of alkyl halides is 1. The smallest absolute Gasteiger partial charge is 0.119 e. The van der Waals surface area contributed by atoms with Gasteiger partial charge >= 0.3 is 0 Å². The van der Waals surface area contributed by atoms with E-state index in [0.717, 1.165) is 27.5 Å². The van der Waals surface area contributed by atoms with Gasteiger partial charge in [0.2, 0.25) is 0 Å². The second kappa shape index (κ2) is 6.51. The lowest BCUT2D eigenvalue weighted by atomic mass is 10.0. The van der Waals surface area contributed by atoms with E-state index in [9.17, 15) is 0 Å². The van der Waals surface area contributed by atoms with Crippen LogP contribution in [0.2, 0.25) is 5.02 Å². The molecule has 20 heavy (non-hydrogen) atoms. The molecule has 0 saturated heterocycles. The van der Waals surface area contributed by atoms with Gasteiger partial charge in [0.1, 0.15) is 5.75 Å². The molecular weight excluding hydrogens is 291 g/mol. The van der Waals surface area contributed by atoms with Gasteiger partial charge in [-0.25, -0.2) is 0 Å². The van der Waals surface area contributed by atoms with Crippen molar-refractivity contribution in [2.75, 3.05) is 0 Å². The van der Waals surface area contributed by atoms with Gasteiger partial charge in [-0.2, -0.15) is 0 Å². The molecule has 106 valence electrons. The summed E-state index contributed by atoms with van der Waals surface area (Å²) in [6.45, 7) is 6.00. The molecule has 1 unspecified atom stereocenters. The lowest BCUT2D eigenvalue weighted by Gasteiger charge is -2.14. The molecule has 2 aromatic carbocycles. The van der Waals surface area contributed by atoms with E-state index in [-0.39, 0.29) is 11.5 Å². The largest absolute Gasteiger partial charge is 0.491 e. The Kier molecular flexibility index (Phi) is 4.95. The quantitative estimate of drug-likeness (QED) is 0.652. The van der Waals surface area contributed by atoms with E-state index in [0.29, 0.717) is 0 Å². The van der Waals surface area contributed by atoms with Gasteiger partial charge in [-0.05, 0) is 55.7 Å². The molecule has 0 heterocycles. The lowest BCUT2D eigenvalue weighted by molar-refractivity contribution is 0.242. The number of ether oxygens (including phenoxy) is 1. The first-order chi connectivity index (χ1) is 9.47. The maximum absolute atomic E-state index is 6.53. The predicted molar refractivity (Wildman–Crippen MR) is 86.1 cm³/mol. The minimum Gasteiger partial charge on any atom is -0.491 e. The number of aryl methyl sites for hydroxylation is 1. The van der Waals surface area contributed by atoms with E-state index in [2.05, 4.69) is 0 Å².